The third-order valence-corrected chi connectivity index (χ3v) is 6.48. The lowest BCUT2D eigenvalue weighted by Gasteiger charge is -2.17. The Morgan fingerprint density at radius 2 is 0.912 bits per heavy atom. The molecular weight excluding hydrogens is 410 g/mol. The van der Waals surface area contributed by atoms with Crippen molar-refractivity contribution >= 4 is 0 Å². The Morgan fingerprint density at radius 1 is 0.500 bits per heavy atom. The third-order valence-electron chi connectivity index (χ3n) is 6.48. The van der Waals surface area contributed by atoms with E-state index >= 15 is 0 Å². The van der Waals surface area contributed by atoms with Crippen LogP contribution >= 0.6 is 0 Å². The molecule has 1 atom stereocenters. The maximum Gasteiger partial charge on any atom is 0.213 e. The third kappa shape index (κ3) is 4.84. The molecule has 0 bridgehead atoms. The molecule has 1 heterocycles. The highest BCUT2D eigenvalue weighted by molar-refractivity contribution is 5.73. The number of nitrogens with zero attached hydrogens (tertiary/aromatic N) is 1. The number of benzene rings is 4. The Kier molecular flexibility index (Phi) is 6.63. The predicted octanol–water partition coefficient (Wildman–Crippen LogP) is 8.17. The topological polar surface area (TPSA) is 3.88 Å². The van der Waals surface area contributed by atoms with E-state index in [1.165, 1.54) is 39.2 Å². The molecule has 0 saturated carbocycles. The molecule has 1 unspecified atom stereocenters. The van der Waals surface area contributed by atoms with Crippen molar-refractivity contribution in [2.24, 2.45) is 0 Å². The van der Waals surface area contributed by atoms with Crippen LogP contribution in [0.2, 0.25) is 0 Å². The van der Waals surface area contributed by atoms with Crippen LogP contribution in [0.1, 0.15) is 24.9 Å². The number of aryl methyl sites for hydroxylation is 1. The minimum Gasteiger partial charge on any atom is -0.189 e. The summed E-state index contributed by atoms with van der Waals surface area (Å²) >= 11 is 0. The van der Waals surface area contributed by atoms with Gasteiger partial charge in [-0.25, -0.2) is 0 Å². The first-order valence-electron chi connectivity index (χ1n) is 12.1. The highest BCUT2D eigenvalue weighted by Gasteiger charge is 2.27. The molecule has 1 heteroatoms. The molecule has 5 rings (SSSR count). The average Bonchev–Trinajstić information content (AvgIpc) is 2.93. The van der Waals surface area contributed by atoms with Gasteiger partial charge in [-0.2, -0.15) is 4.57 Å². The van der Waals surface area contributed by atoms with Crippen molar-refractivity contribution in [3.05, 3.63) is 139 Å². The molecule has 0 aliphatic heterocycles. The van der Waals surface area contributed by atoms with Gasteiger partial charge in [-0.1, -0.05) is 97.1 Å². The monoisotopic (exact) mass is 440 g/mol. The molecule has 0 fully saturated rings. The summed E-state index contributed by atoms with van der Waals surface area (Å²) in [6.07, 6.45) is 2.12. The van der Waals surface area contributed by atoms with Gasteiger partial charge in [0.2, 0.25) is 11.4 Å². The largest absolute Gasteiger partial charge is 0.213 e. The predicted molar refractivity (Wildman–Crippen MR) is 142 cm³/mol. The van der Waals surface area contributed by atoms with Crippen LogP contribution in [0.15, 0.2) is 133 Å². The minimum absolute atomic E-state index is 0.329. The molecule has 0 amide bonds. The summed E-state index contributed by atoms with van der Waals surface area (Å²) in [6.45, 7) is 2.35. The van der Waals surface area contributed by atoms with Gasteiger partial charge in [0.05, 0.1) is 0 Å². The fraction of sp³-hybridized carbons (Fsp3) is 0.121. The van der Waals surface area contributed by atoms with E-state index in [0.29, 0.717) is 6.04 Å². The van der Waals surface area contributed by atoms with E-state index < -0.39 is 0 Å². The smallest absolute Gasteiger partial charge is 0.189 e. The molecule has 5 aromatic rings. The van der Waals surface area contributed by atoms with Gasteiger partial charge in [0.15, 0.2) is 6.04 Å². The first kappa shape index (κ1) is 21.9. The van der Waals surface area contributed by atoms with Crippen LogP contribution in [0.4, 0.5) is 0 Å². The Hall–Kier alpha value is -3.97. The first-order chi connectivity index (χ1) is 16.8. The van der Waals surface area contributed by atoms with Gasteiger partial charge in [-0.15, -0.1) is 0 Å². The SMILES string of the molecule is CC(CCc1ccccc1)[n+]1c(-c2ccccc2)cc(-c2ccccc2)cc1-c1ccccc1. The molecular formula is C33H30N+. The maximum absolute atomic E-state index is 2.54. The fourth-order valence-corrected chi connectivity index (χ4v) is 4.69. The van der Waals surface area contributed by atoms with Gasteiger partial charge in [0.1, 0.15) is 0 Å². The summed E-state index contributed by atoms with van der Waals surface area (Å²) in [4.78, 5) is 0. The van der Waals surface area contributed by atoms with Crippen LogP contribution in [0.5, 0.6) is 0 Å². The zero-order chi connectivity index (χ0) is 23.2. The van der Waals surface area contributed by atoms with Crippen LogP contribution in [0, 0.1) is 0 Å². The van der Waals surface area contributed by atoms with E-state index in [0.717, 1.165) is 12.8 Å². The second-order valence-corrected chi connectivity index (χ2v) is 8.86. The average molecular weight is 441 g/mol. The van der Waals surface area contributed by atoms with Crippen LogP contribution < -0.4 is 4.57 Å². The molecule has 0 radical (unpaired) electrons. The van der Waals surface area contributed by atoms with Crippen LogP contribution in [0.3, 0.4) is 0 Å². The Labute approximate surface area is 203 Å². The summed E-state index contributed by atoms with van der Waals surface area (Å²) in [5.74, 6) is 0. The van der Waals surface area contributed by atoms with Gasteiger partial charge in [0.25, 0.3) is 0 Å². The van der Waals surface area contributed by atoms with Gasteiger partial charge < -0.3 is 0 Å². The van der Waals surface area contributed by atoms with Crippen molar-refractivity contribution in [2.75, 3.05) is 0 Å². The van der Waals surface area contributed by atoms with Gasteiger partial charge in [-0.3, -0.25) is 0 Å². The number of pyridine rings is 1. The standard InChI is InChI=1S/C33H30N/c1-26(22-23-27-14-6-2-7-15-27)34-32(29-18-10-4-11-19-29)24-31(28-16-8-3-9-17-28)25-33(34)30-20-12-5-13-21-30/h2-21,24-26H,22-23H2,1H3/q+1. The van der Waals surface area contributed by atoms with Gasteiger partial charge in [-0.05, 0) is 54.3 Å². The van der Waals surface area contributed by atoms with Crippen LogP contribution in [0.25, 0.3) is 33.6 Å². The van der Waals surface area contributed by atoms with Crippen molar-refractivity contribution in [3.8, 4) is 33.6 Å². The first-order valence-corrected chi connectivity index (χ1v) is 12.1. The van der Waals surface area contributed by atoms with E-state index in [1.807, 2.05) is 0 Å². The fourth-order valence-electron chi connectivity index (χ4n) is 4.69. The zero-order valence-corrected chi connectivity index (χ0v) is 19.6. The minimum atomic E-state index is 0.329. The Balaban J connectivity index is 1.68. The molecule has 0 aliphatic carbocycles. The van der Waals surface area contributed by atoms with Crippen molar-refractivity contribution in [1.29, 1.82) is 0 Å². The molecule has 0 saturated heterocycles. The summed E-state index contributed by atoms with van der Waals surface area (Å²) in [5, 5.41) is 0. The molecule has 4 aromatic carbocycles. The van der Waals surface area contributed by atoms with E-state index in [1.54, 1.807) is 0 Å². The van der Waals surface area contributed by atoms with E-state index in [4.69, 9.17) is 0 Å². The summed E-state index contributed by atoms with van der Waals surface area (Å²) in [6, 6.07) is 48.1. The molecule has 0 N–H and O–H groups in total. The molecule has 0 spiro atoms. The summed E-state index contributed by atoms with van der Waals surface area (Å²) in [7, 11) is 0. The highest BCUT2D eigenvalue weighted by atomic mass is 15.0. The highest BCUT2D eigenvalue weighted by Crippen LogP contribution is 2.31. The van der Waals surface area contributed by atoms with Crippen molar-refractivity contribution in [1.82, 2.24) is 0 Å². The van der Waals surface area contributed by atoms with Crippen LogP contribution in [-0.4, -0.2) is 0 Å². The summed E-state index contributed by atoms with van der Waals surface area (Å²) < 4.78 is 2.54. The van der Waals surface area contributed by atoms with Crippen molar-refractivity contribution in [3.63, 3.8) is 0 Å². The summed E-state index contributed by atoms with van der Waals surface area (Å²) in [5.41, 5.74) is 8.85. The molecule has 1 nitrogen and oxygen atoms in total. The molecule has 1 aromatic heterocycles. The number of hydrogen-bond donors (Lipinski definition) is 0. The van der Waals surface area contributed by atoms with Crippen molar-refractivity contribution < 1.29 is 4.57 Å². The van der Waals surface area contributed by atoms with E-state index in [9.17, 15) is 0 Å². The van der Waals surface area contributed by atoms with Crippen molar-refractivity contribution in [2.45, 2.75) is 25.8 Å². The normalized spacial score (nSPS) is 11.8. The molecule has 34 heavy (non-hydrogen) atoms. The quantitative estimate of drug-likeness (QED) is 0.225. The Morgan fingerprint density at radius 3 is 1.38 bits per heavy atom. The number of rotatable bonds is 7. The van der Waals surface area contributed by atoms with E-state index in [-0.39, 0.29) is 0 Å². The lowest BCUT2D eigenvalue weighted by Crippen LogP contribution is -2.42. The second kappa shape index (κ2) is 10.3. The molecule has 0 aliphatic rings. The maximum atomic E-state index is 2.54. The van der Waals surface area contributed by atoms with Crippen LogP contribution in [-0.2, 0) is 6.42 Å². The second-order valence-electron chi connectivity index (χ2n) is 8.86. The Bertz CT molecular complexity index is 1270. The number of aromatic nitrogens is 1. The van der Waals surface area contributed by atoms with Gasteiger partial charge in [0, 0.05) is 29.7 Å². The lowest BCUT2D eigenvalue weighted by molar-refractivity contribution is -0.699. The zero-order valence-electron chi connectivity index (χ0n) is 19.6. The van der Waals surface area contributed by atoms with Gasteiger partial charge >= 0.3 is 0 Å². The lowest BCUT2D eigenvalue weighted by atomic mass is 9.97. The molecule has 166 valence electrons. The van der Waals surface area contributed by atoms with E-state index in [2.05, 4.69) is 145 Å². The number of hydrogen-bond acceptors (Lipinski definition) is 0.